The van der Waals surface area contributed by atoms with Gasteiger partial charge >= 0.3 is 7.82 Å². The SMILES string of the molecule is C=CC(=O)NCCCCOP(=O)(O)OS. The Morgan fingerprint density at radius 3 is 2.80 bits per heavy atom. The smallest absolute Gasteiger partial charge is 0.353 e. The number of unbranched alkanes of at least 4 members (excludes halogenated alkanes) is 1. The zero-order valence-electron chi connectivity index (χ0n) is 8.09. The van der Waals surface area contributed by atoms with Crippen molar-refractivity contribution >= 4 is 26.6 Å². The van der Waals surface area contributed by atoms with E-state index in [9.17, 15) is 9.36 Å². The lowest BCUT2D eigenvalue weighted by molar-refractivity contribution is -0.116. The van der Waals surface area contributed by atoms with Crippen LogP contribution in [0.25, 0.3) is 0 Å². The Kier molecular flexibility index (Phi) is 7.72. The fourth-order valence-corrected chi connectivity index (χ4v) is 1.26. The van der Waals surface area contributed by atoms with Crippen molar-refractivity contribution < 1.29 is 22.7 Å². The highest BCUT2D eigenvalue weighted by atomic mass is 32.1. The number of nitrogens with one attached hydrogen (secondary N) is 1. The Morgan fingerprint density at radius 1 is 1.60 bits per heavy atom. The minimum absolute atomic E-state index is 0.0678. The lowest BCUT2D eigenvalue weighted by Gasteiger charge is -2.07. The molecule has 0 radical (unpaired) electrons. The van der Waals surface area contributed by atoms with Crippen molar-refractivity contribution in [3.05, 3.63) is 12.7 Å². The van der Waals surface area contributed by atoms with E-state index < -0.39 is 7.82 Å². The van der Waals surface area contributed by atoms with Crippen LogP contribution >= 0.6 is 20.7 Å². The van der Waals surface area contributed by atoms with Gasteiger partial charge in [0.25, 0.3) is 0 Å². The number of thiol groups is 1. The molecule has 6 nitrogen and oxygen atoms in total. The Labute approximate surface area is 93.9 Å². The van der Waals surface area contributed by atoms with E-state index in [1.807, 2.05) is 0 Å². The van der Waals surface area contributed by atoms with Crippen LogP contribution in [0.4, 0.5) is 0 Å². The van der Waals surface area contributed by atoms with Gasteiger partial charge in [-0.05, 0) is 31.8 Å². The molecule has 1 atom stereocenters. The van der Waals surface area contributed by atoms with Crippen LogP contribution < -0.4 is 5.32 Å². The molecule has 0 aromatic heterocycles. The third-order valence-corrected chi connectivity index (χ3v) is 2.75. The quantitative estimate of drug-likeness (QED) is 0.198. The predicted molar refractivity (Wildman–Crippen MR) is 58.3 cm³/mol. The summed E-state index contributed by atoms with van der Waals surface area (Å²) >= 11 is 3.18. The fraction of sp³-hybridized carbons (Fsp3) is 0.571. The molecule has 0 aromatic carbocycles. The number of carbonyl (C=O) groups is 1. The van der Waals surface area contributed by atoms with Crippen molar-refractivity contribution in [1.29, 1.82) is 0 Å². The topological polar surface area (TPSA) is 84.9 Å². The summed E-state index contributed by atoms with van der Waals surface area (Å²) in [6.45, 7) is 3.82. The largest absolute Gasteiger partial charge is 0.483 e. The maximum atomic E-state index is 10.7. The Hall–Kier alpha value is -0.330. The average molecular weight is 255 g/mol. The molecule has 0 spiro atoms. The number of amides is 1. The van der Waals surface area contributed by atoms with Crippen molar-refractivity contribution in [2.75, 3.05) is 13.2 Å². The van der Waals surface area contributed by atoms with Crippen molar-refractivity contribution in [3.8, 4) is 0 Å². The van der Waals surface area contributed by atoms with E-state index >= 15 is 0 Å². The first-order valence-electron chi connectivity index (χ1n) is 4.22. The number of hydrogen-bond donors (Lipinski definition) is 3. The van der Waals surface area contributed by atoms with E-state index in [1.54, 1.807) is 0 Å². The highest BCUT2D eigenvalue weighted by Crippen LogP contribution is 2.44. The molecule has 0 heterocycles. The molecular formula is C7H14NO5PS. The molecule has 0 rings (SSSR count). The normalized spacial score (nSPS) is 14.3. The summed E-state index contributed by atoms with van der Waals surface area (Å²) in [7, 11) is -3.99. The maximum Gasteiger partial charge on any atom is 0.483 e. The lowest BCUT2D eigenvalue weighted by Crippen LogP contribution is -2.21. The number of phosphoric ester groups is 1. The van der Waals surface area contributed by atoms with Crippen LogP contribution in [0.5, 0.6) is 0 Å². The molecule has 15 heavy (non-hydrogen) atoms. The molecule has 0 fully saturated rings. The zero-order chi connectivity index (χ0) is 11.7. The first kappa shape index (κ1) is 14.7. The summed E-state index contributed by atoms with van der Waals surface area (Å²) in [5.74, 6) is -0.248. The molecule has 8 heteroatoms. The van der Waals surface area contributed by atoms with Gasteiger partial charge in [0.2, 0.25) is 5.91 Å². The van der Waals surface area contributed by atoms with Crippen molar-refractivity contribution in [2.45, 2.75) is 12.8 Å². The van der Waals surface area contributed by atoms with Crippen LogP contribution in [0, 0.1) is 0 Å². The molecule has 0 aliphatic heterocycles. The van der Waals surface area contributed by atoms with Gasteiger partial charge in [-0.3, -0.25) is 9.32 Å². The number of phosphoric acid groups is 1. The van der Waals surface area contributed by atoms with Gasteiger partial charge in [-0.1, -0.05) is 6.58 Å². The summed E-state index contributed by atoms with van der Waals surface area (Å²) in [6, 6.07) is 0. The van der Waals surface area contributed by atoms with E-state index in [1.165, 1.54) is 6.08 Å². The molecule has 1 amide bonds. The zero-order valence-corrected chi connectivity index (χ0v) is 9.88. The molecule has 2 N–H and O–H groups in total. The van der Waals surface area contributed by atoms with Gasteiger partial charge in [0.1, 0.15) is 0 Å². The van der Waals surface area contributed by atoms with Gasteiger partial charge in [-0.25, -0.2) is 8.54 Å². The summed E-state index contributed by atoms with van der Waals surface area (Å²) < 4.78 is 19.1. The van der Waals surface area contributed by atoms with Gasteiger partial charge in [0, 0.05) is 6.54 Å². The van der Waals surface area contributed by atoms with Crippen molar-refractivity contribution in [2.24, 2.45) is 0 Å². The number of rotatable bonds is 8. The minimum atomic E-state index is -3.99. The van der Waals surface area contributed by atoms with Crippen LogP contribution in [0.15, 0.2) is 12.7 Å². The number of hydrogen-bond acceptors (Lipinski definition) is 5. The highest BCUT2D eigenvalue weighted by molar-refractivity contribution is 7.80. The summed E-state index contributed by atoms with van der Waals surface area (Å²) in [5, 5.41) is 2.55. The van der Waals surface area contributed by atoms with Gasteiger partial charge in [-0.2, -0.15) is 0 Å². The summed E-state index contributed by atoms with van der Waals surface area (Å²) in [4.78, 5) is 19.4. The number of carbonyl (C=O) groups excluding carboxylic acids is 1. The molecule has 0 aromatic rings. The van der Waals surface area contributed by atoms with Crippen molar-refractivity contribution in [3.63, 3.8) is 0 Å². The first-order valence-corrected chi connectivity index (χ1v) is 6.08. The van der Waals surface area contributed by atoms with Crippen LogP contribution in [0.3, 0.4) is 0 Å². The van der Waals surface area contributed by atoms with E-state index in [-0.39, 0.29) is 12.5 Å². The monoisotopic (exact) mass is 255 g/mol. The van der Waals surface area contributed by atoms with Crippen LogP contribution in [-0.2, 0) is 17.9 Å². The fourth-order valence-electron chi connectivity index (χ4n) is 0.714. The van der Waals surface area contributed by atoms with Gasteiger partial charge in [0.15, 0.2) is 0 Å². The summed E-state index contributed by atoms with van der Waals surface area (Å²) in [5.41, 5.74) is 0. The van der Waals surface area contributed by atoms with Crippen LogP contribution in [0.2, 0.25) is 0 Å². The molecule has 0 bridgehead atoms. The summed E-state index contributed by atoms with van der Waals surface area (Å²) in [6.07, 6.45) is 2.33. The van der Waals surface area contributed by atoms with Crippen LogP contribution in [0.1, 0.15) is 12.8 Å². The third kappa shape index (κ3) is 8.65. The lowest BCUT2D eigenvalue weighted by atomic mass is 10.3. The second-order valence-corrected chi connectivity index (χ2v) is 4.43. The molecular weight excluding hydrogens is 241 g/mol. The molecule has 0 aliphatic carbocycles. The molecule has 88 valence electrons. The average Bonchev–Trinajstić information content (AvgIpc) is 2.22. The van der Waals surface area contributed by atoms with Crippen molar-refractivity contribution in [1.82, 2.24) is 5.32 Å². The second-order valence-electron chi connectivity index (χ2n) is 2.59. The molecule has 1 unspecified atom stereocenters. The molecule has 0 saturated heterocycles. The molecule has 0 aliphatic rings. The third-order valence-electron chi connectivity index (χ3n) is 1.41. The maximum absolute atomic E-state index is 10.7. The standard InChI is InChI=1S/C7H14NO5PS/c1-2-7(9)8-5-3-4-6-12-14(10,11)13-15/h2,15H,1,3-6H2,(H,8,9)(H,10,11). The predicted octanol–water partition coefficient (Wildman–Crippen LogP) is 1.05. The van der Waals surface area contributed by atoms with E-state index in [4.69, 9.17) is 4.89 Å². The highest BCUT2D eigenvalue weighted by Gasteiger charge is 2.18. The van der Waals surface area contributed by atoms with Gasteiger partial charge < -0.3 is 10.2 Å². The van der Waals surface area contributed by atoms with E-state index in [0.29, 0.717) is 19.4 Å². The Balaban J connectivity index is 3.36. The second kappa shape index (κ2) is 7.90. The Bertz CT molecular complexity index is 260. The van der Waals surface area contributed by atoms with Gasteiger partial charge in [0.05, 0.1) is 6.61 Å². The van der Waals surface area contributed by atoms with E-state index in [0.717, 1.165) is 0 Å². The van der Waals surface area contributed by atoms with E-state index in [2.05, 4.69) is 33.3 Å². The van der Waals surface area contributed by atoms with Crippen LogP contribution in [-0.4, -0.2) is 24.0 Å². The Morgan fingerprint density at radius 2 is 2.27 bits per heavy atom. The minimum Gasteiger partial charge on any atom is -0.353 e. The first-order chi connectivity index (χ1) is 7.02. The van der Waals surface area contributed by atoms with Gasteiger partial charge in [-0.15, -0.1) is 0 Å². The molecule has 0 saturated carbocycles.